The number of carbonyl (C=O) groups is 1. The van der Waals surface area contributed by atoms with E-state index in [0.717, 1.165) is 19.3 Å². The molecule has 0 bridgehead atoms. The van der Waals surface area contributed by atoms with Crippen LogP contribution in [0.1, 0.15) is 59.8 Å². The molecule has 3 N–H and O–H groups in total. The minimum atomic E-state index is -0.151. The van der Waals surface area contributed by atoms with Crippen LogP contribution in [0.4, 0.5) is 0 Å². The zero-order chi connectivity index (χ0) is 15.3. The monoisotopic (exact) mass is 280 g/mol. The number of Topliss-reactive ketones (excluding diaryl/α,β-unsaturated/α-hetero) is 1. The van der Waals surface area contributed by atoms with Crippen LogP contribution in [0.25, 0.3) is 0 Å². The SMILES string of the molecule is CC(=NCCCC[C@@H](C)N)C1=C(O)CC(C)(C)CC1=O. The van der Waals surface area contributed by atoms with Crippen molar-refractivity contribution in [1.82, 2.24) is 0 Å². The van der Waals surface area contributed by atoms with Gasteiger partial charge in [0.2, 0.25) is 0 Å². The highest BCUT2D eigenvalue weighted by Gasteiger charge is 2.33. The summed E-state index contributed by atoms with van der Waals surface area (Å²) in [5.74, 6) is 0.207. The maximum absolute atomic E-state index is 12.1. The predicted molar refractivity (Wildman–Crippen MR) is 83.2 cm³/mol. The van der Waals surface area contributed by atoms with Crippen molar-refractivity contribution in [2.45, 2.75) is 65.8 Å². The Balaban J connectivity index is 2.62. The molecule has 0 radical (unpaired) electrons. The summed E-state index contributed by atoms with van der Waals surface area (Å²) in [4.78, 5) is 16.6. The van der Waals surface area contributed by atoms with Crippen LogP contribution < -0.4 is 5.73 Å². The molecule has 0 saturated carbocycles. The Morgan fingerprint density at radius 3 is 2.60 bits per heavy atom. The first-order chi connectivity index (χ1) is 9.23. The van der Waals surface area contributed by atoms with Crippen LogP contribution in [0, 0.1) is 5.41 Å². The molecule has 1 aliphatic carbocycles. The second kappa shape index (κ2) is 7.02. The lowest BCUT2D eigenvalue weighted by Crippen LogP contribution is -2.28. The third-order valence-electron chi connectivity index (χ3n) is 3.63. The van der Waals surface area contributed by atoms with E-state index in [0.29, 0.717) is 30.7 Å². The molecule has 1 aliphatic rings. The number of nitrogens with two attached hydrogens (primary N) is 1. The van der Waals surface area contributed by atoms with E-state index in [-0.39, 0.29) is 23.0 Å². The summed E-state index contributed by atoms with van der Waals surface area (Å²) in [7, 11) is 0. The molecule has 1 atom stereocenters. The van der Waals surface area contributed by atoms with Crippen LogP contribution in [-0.4, -0.2) is 29.2 Å². The highest BCUT2D eigenvalue weighted by molar-refractivity contribution is 6.22. The van der Waals surface area contributed by atoms with Gasteiger partial charge in [-0.05, 0) is 32.1 Å². The number of carbonyl (C=O) groups excluding carboxylic acids is 1. The van der Waals surface area contributed by atoms with E-state index in [4.69, 9.17) is 5.73 Å². The van der Waals surface area contributed by atoms with Crippen molar-refractivity contribution < 1.29 is 9.90 Å². The molecule has 0 saturated heterocycles. The number of aliphatic hydroxyl groups excluding tert-OH is 1. The Labute approximate surface area is 122 Å². The summed E-state index contributed by atoms with van der Waals surface area (Å²) in [6.45, 7) is 8.50. The molecular weight excluding hydrogens is 252 g/mol. The third-order valence-corrected chi connectivity index (χ3v) is 3.63. The molecule has 0 aromatic heterocycles. The van der Waals surface area contributed by atoms with Gasteiger partial charge in [0.15, 0.2) is 5.78 Å². The largest absolute Gasteiger partial charge is 0.511 e. The number of ketones is 1. The quantitative estimate of drug-likeness (QED) is 0.579. The first kappa shape index (κ1) is 16.9. The molecule has 0 heterocycles. The van der Waals surface area contributed by atoms with Gasteiger partial charge in [-0.3, -0.25) is 9.79 Å². The molecule has 0 aliphatic heterocycles. The standard InChI is InChI=1S/C16H28N2O2/c1-11(17)7-5-6-8-18-12(2)15-13(19)9-16(3,4)10-14(15)20/h11,19H,5-10,17H2,1-4H3/t11-/m1/s1. The first-order valence-electron chi connectivity index (χ1n) is 7.45. The van der Waals surface area contributed by atoms with Gasteiger partial charge in [-0.15, -0.1) is 0 Å². The minimum absolute atomic E-state index is 0.00980. The van der Waals surface area contributed by atoms with Gasteiger partial charge in [0.25, 0.3) is 0 Å². The number of nitrogens with zero attached hydrogens (tertiary/aromatic N) is 1. The molecule has 4 heteroatoms. The average molecular weight is 280 g/mol. The van der Waals surface area contributed by atoms with Crippen molar-refractivity contribution in [3.8, 4) is 0 Å². The summed E-state index contributed by atoms with van der Waals surface area (Å²) >= 11 is 0. The number of hydrogen-bond donors (Lipinski definition) is 2. The molecule has 0 unspecified atom stereocenters. The fraction of sp³-hybridized carbons (Fsp3) is 0.750. The topological polar surface area (TPSA) is 75.7 Å². The Kier molecular flexibility index (Phi) is 5.93. The molecule has 0 aromatic rings. The lowest BCUT2D eigenvalue weighted by Gasteiger charge is -2.29. The second-order valence-electron chi connectivity index (χ2n) is 6.70. The lowest BCUT2D eigenvalue weighted by atomic mass is 9.76. The maximum Gasteiger partial charge on any atom is 0.168 e. The molecule has 114 valence electrons. The highest BCUT2D eigenvalue weighted by atomic mass is 16.3. The molecule has 0 aromatic carbocycles. The zero-order valence-corrected chi connectivity index (χ0v) is 13.2. The number of hydrogen-bond acceptors (Lipinski definition) is 4. The van der Waals surface area contributed by atoms with Crippen LogP contribution in [0.2, 0.25) is 0 Å². The maximum atomic E-state index is 12.1. The fourth-order valence-electron chi connectivity index (χ4n) is 2.60. The zero-order valence-electron chi connectivity index (χ0n) is 13.2. The smallest absolute Gasteiger partial charge is 0.168 e. The third kappa shape index (κ3) is 5.08. The number of allylic oxidation sites excluding steroid dienone is 2. The minimum Gasteiger partial charge on any atom is -0.511 e. The summed E-state index contributed by atoms with van der Waals surface area (Å²) in [6.07, 6.45) is 4.03. The number of aliphatic imine (C=N–C) groups is 1. The second-order valence-corrected chi connectivity index (χ2v) is 6.70. The molecule has 0 fully saturated rings. The Morgan fingerprint density at radius 1 is 1.40 bits per heavy atom. The van der Waals surface area contributed by atoms with Gasteiger partial charge in [0.1, 0.15) is 5.76 Å². The van der Waals surface area contributed by atoms with Gasteiger partial charge >= 0.3 is 0 Å². The Morgan fingerprint density at radius 2 is 2.05 bits per heavy atom. The van der Waals surface area contributed by atoms with Crippen molar-refractivity contribution in [3.05, 3.63) is 11.3 Å². The number of rotatable bonds is 6. The van der Waals surface area contributed by atoms with Crippen LogP contribution >= 0.6 is 0 Å². The molecular formula is C16H28N2O2. The van der Waals surface area contributed by atoms with Crippen molar-refractivity contribution in [2.24, 2.45) is 16.1 Å². The molecule has 20 heavy (non-hydrogen) atoms. The Hall–Kier alpha value is -1.16. The van der Waals surface area contributed by atoms with Crippen LogP contribution in [-0.2, 0) is 4.79 Å². The van der Waals surface area contributed by atoms with E-state index < -0.39 is 0 Å². The van der Waals surface area contributed by atoms with Gasteiger partial charge < -0.3 is 10.8 Å². The summed E-state index contributed by atoms with van der Waals surface area (Å²) in [5, 5.41) is 10.1. The van der Waals surface area contributed by atoms with Crippen molar-refractivity contribution >= 4 is 11.5 Å². The van der Waals surface area contributed by atoms with Gasteiger partial charge in [0.05, 0.1) is 5.57 Å². The van der Waals surface area contributed by atoms with Crippen LogP contribution in [0.3, 0.4) is 0 Å². The molecule has 0 spiro atoms. The first-order valence-corrected chi connectivity index (χ1v) is 7.45. The van der Waals surface area contributed by atoms with Crippen molar-refractivity contribution in [1.29, 1.82) is 0 Å². The van der Waals surface area contributed by atoms with E-state index in [2.05, 4.69) is 4.99 Å². The van der Waals surface area contributed by atoms with Gasteiger partial charge in [-0.25, -0.2) is 0 Å². The molecule has 1 rings (SSSR count). The lowest BCUT2D eigenvalue weighted by molar-refractivity contribution is -0.117. The van der Waals surface area contributed by atoms with E-state index in [1.54, 1.807) is 0 Å². The van der Waals surface area contributed by atoms with E-state index in [1.165, 1.54) is 0 Å². The summed E-state index contributed by atoms with van der Waals surface area (Å²) in [5.41, 5.74) is 6.65. The van der Waals surface area contributed by atoms with Gasteiger partial charge in [-0.1, -0.05) is 20.3 Å². The summed E-state index contributed by atoms with van der Waals surface area (Å²) < 4.78 is 0. The number of unbranched alkanes of at least 4 members (excludes halogenated alkanes) is 1. The average Bonchev–Trinajstić information content (AvgIpc) is 2.24. The van der Waals surface area contributed by atoms with Crippen molar-refractivity contribution in [3.63, 3.8) is 0 Å². The molecule has 0 amide bonds. The Bertz CT molecular complexity index is 420. The van der Waals surface area contributed by atoms with Gasteiger partial charge in [-0.2, -0.15) is 0 Å². The fourth-order valence-corrected chi connectivity index (χ4v) is 2.60. The van der Waals surface area contributed by atoms with E-state index in [1.807, 2.05) is 27.7 Å². The van der Waals surface area contributed by atoms with Crippen molar-refractivity contribution in [2.75, 3.05) is 6.54 Å². The molecule has 4 nitrogen and oxygen atoms in total. The number of aliphatic hydroxyl groups is 1. The highest BCUT2D eigenvalue weighted by Crippen LogP contribution is 2.36. The summed E-state index contributed by atoms with van der Waals surface area (Å²) in [6, 6.07) is 0.231. The van der Waals surface area contributed by atoms with E-state index >= 15 is 0 Å². The predicted octanol–water partition coefficient (Wildman–Crippen LogP) is 3.17. The van der Waals surface area contributed by atoms with Crippen LogP contribution in [0.15, 0.2) is 16.3 Å². The van der Waals surface area contributed by atoms with Gasteiger partial charge in [0, 0.05) is 31.1 Å². The van der Waals surface area contributed by atoms with Crippen LogP contribution in [0.5, 0.6) is 0 Å². The van der Waals surface area contributed by atoms with E-state index in [9.17, 15) is 9.90 Å². The normalized spacial score (nSPS) is 21.2.